The van der Waals surface area contributed by atoms with Gasteiger partial charge in [-0.3, -0.25) is 0 Å². The number of nitrogens with zero attached hydrogens (tertiary/aromatic N) is 1. The second kappa shape index (κ2) is 14.6. The number of hydrogen-bond donors (Lipinski definition) is 0. The Morgan fingerprint density at radius 3 is 1.81 bits per heavy atom. The number of aryl methyl sites for hydroxylation is 2. The van der Waals surface area contributed by atoms with Crippen LogP contribution in [0.4, 0.5) is 0 Å². The van der Waals surface area contributed by atoms with Crippen molar-refractivity contribution < 1.29 is 14.1 Å². The summed E-state index contributed by atoms with van der Waals surface area (Å²) in [4.78, 5) is 11.3. The Balaban J connectivity index is 1.43. The van der Waals surface area contributed by atoms with Crippen molar-refractivity contribution in [2.45, 2.75) is 84.6 Å². The molecule has 0 unspecified atom stereocenters. The summed E-state index contributed by atoms with van der Waals surface area (Å²) < 4.78 is 7.40. The number of aromatic nitrogens is 1. The van der Waals surface area contributed by atoms with E-state index >= 15 is 0 Å². The van der Waals surface area contributed by atoms with Gasteiger partial charge in [0, 0.05) is 24.1 Å². The van der Waals surface area contributed by atoms with Crippen molar-refractivity contribution in [2.24, 2.45) is 0 Å². The lowest BCUT2D eigenvalue weighted by Gasteiger charge is -2.04. The number of pyridine rings is 1. The molecule has 0 fully saturated rings. The molecule has 0 radical (unpaired) electrons. The smallest absolute Gasteiger partial charge is 0.333 e. The Kier molecular flexibility index (Phi) is 11.7. The van der Waals surface area contributed by atoms with Gasteiger partial charge in [-0.05, 0) is 37.8 Å². The molecule has 0 bridgehead atoms. The molecule has 3 heteroatoms. The van der Waals surface area contributed by atoms with E-state index in [1.807, 2.05) is 0 Å². The summed E-state index contributed by atoms with van der Waals surface area (Å²) in [6, 6.07) is 13.2. The van der Waals surface area contributed by atoms with Crippen molar-refractivity contribution in [2.75, 3.05) is 6.61 Å². The number of ether oxygens (including phenoxy) is 1. The molecule has 0 aliphatic heterocycles. The van der Waals surface area contributed by atoms with Crippen LogP contribution in [0, 0.1) is 6.92 Å². The van der Waals surface area contributed by atoms with Crippen LogP contribution < -0.4 is 4.57 Å². The minimum atomic E-state index is -0.266. The molecule has 3 nitrogen and oxygen atoms in total. The van der Waals surface area contributed by atoms with E-state index in [1.165, 1.54) is 68.1 Å². The van der Waals surface area contributed by atoms with Gasteiger partial charge in [0.1, 0.15) is 6.54 Å². The lowest BCUT2D eigenvalue weighted by molar-refractivity contribution is -0.697. The van der Waals surface area contributed by atoms with Crippen molar-refractivity contribution in [3.05, 3.63) is 66.5 Å². The molecule has 31 heavy (non-hydrogen) atoms. The first-order chi connectivity index (χ1) is 15.1. The Bertz CT molecular complexity index is 778. The largest absolute Gasteiger partial charge is 0.462 e. The fourth-order valence-electron chi connectivity index (χ4n) is 3.64. The molecule has 2 rings (SSSR count). The first kappa shape index (κ1) is 24.8. The molecule has 1 aromatic heterocycles. The standard InChI is InChI=1S/C28H40NO2/c1-24(2)28(30)31-23-13-11-9-7-5-4-6-8-10-12-20-29-21-18-27(19-22-29)26-16-14-25(3)15-17-26/h14-19,21-22H,1,4-13,20,23H2,2-3H3/q+1. The van der Waals surface area contributed by atoms with Crippen molar-refractivity contribution in [3.8, 4) is 11.1 Å². The molecule has 0 N–H and O–H groups in total. The van der Waals surface area contributed by atoms with Gasteiger partial charge in [-0.15, -0.1) is 0 Å². The van der Waals surface area contributed by atoms with Crippen molar-refractivity contribution in [1.82, 2.24) is 0 Å². The maximum Gasteiger partial charge on any atom is 0.333 e. The second-order valence-corrected chi connectivity index (χ2v) is 8.64. The average Bonchev–Trinajstić information content (AvgIpc) is 2.77. The Hall–Kier alpha value is -2.42. The summed E-state index contributed by atoms with van der Waals surface area (Å²) in [5, 5.41) is 0. The lowest BCUT2D eigenvalue weighted by Crippen LogP contribution is -2.32. The zero-order valence-corrected chi connectivity index (χ0v) is 19.6. The van der Waals surface area contributed by atoms with E-state index in [0.717, 1.165) is 19.4 Å². The van der Waals surface area contributed by atoms with Crippen LogP contribution in [0.1, 0.15) is 76.7 Å². The van der Waals surface area contributed by atoms with Crippen LogP contribution in [-0.2, 0) is 16.1 Å². The summed E-state index contributed by atoms with van der Waals surface area (Å²) in [5.41, 5.74) is 4.34. The van der Waals surface area contributed by atoms with E-state index in [2.05, 4.69) is 66.9 Å². The number of unbranched alkanes of at least 4 members (excludes halogenated alkanes) is 9. The molecule has 0 aliphatic rings. The molecular weight excluding hydrogens is 382 g/mol. The third kappa shape index (κ3) is 10.4. The van der Waals surface area contributed by atoms with Crippen LogP contribution in [-0.4, -0.2) is 12.6 Å². The summed E-state index contributed by atoms with van der Waals surface area (Å²) in [5.74, 6) is -0.266. The van der Waals surface area contributed by atoms with Gasteiger partial charge in [0.25, 0.3) is 0 Å². The van der Waals surface area contributed by atoms with Crippen molar-refractivity contribution in [1.29, 1.82) is 0 Å². The molecule has 0 aliphatic carbocycles. The predicted octanol–water partition coefficient (Wildman–Crippen LogP) is 6.97. The molecule has 1 heterocycles. The number of benzene rings is 1. The minimum Gasteiger partial charge on any atom is -0.462 e. The van der Waals surface area contributed by atoms with Crippen LogP contribution in [0.15, 0.2) is 60.9 Å². The number of rotatable bonds is 15. The normalized spacial score (nSPS) is 10.8. The van der Waals surface area contributed by atoms with E-state index < -0.39 is 0 Å². The quantitative estimate of drug-likeness (QED) is 0.134. The zero-order chi connectivity index (χ0) is 22.3. The second-order valence-electron chi connectivity index (χ2n) is 8.64. The number of esters is 1. The SMILES string of the molecule is C=C(C)C(=O)OCCCCCCCCCCCC[n+]1ccc(-c2ccc(C)cc2)cc1. The van der Waals surface area contributed by atoms with Gasteiger partial charge in [0.15, 0.2) is 12.4 Å². The molecule has 0 saturated heterocycles. The fourth-order valence-corrected chi connectivity index (χ4v) is 3.64. The maximum absolute atomic E-state index is 11.3. The van der Waals surface area contributed by atoms with E-state index in [9.17, 15) is 4.79 Å². The lowest BCUT2D eigenvalue weighted by atomic mass is 10.1. The van der Waals surface area contributed by atoms with Gasteiger partial charge in [0.2, 0.25) is 0 Å². The molecule has 0 saturated carbocycles. The molecule has 1 aromatic carbocycles. The van der Waals surface area contributed by atoms with Crippen LogP contribution in [0.25, 0.3) is 11.1 Å². The predicted molar refractivity (Wildman–Crippen MR) is 129 cm³/mol. The van der Waals surface area contributed by atoms with Crippen LogP contribution in [0.5, 0.6) is 0 Å². The highest BCUT2D eigenvalue weighted by molar-refractivity contribution is 5.86. The van der Waals surface area contributed by atoms with E-state index in [-0.39, 0.29) is 5.97 Å². The summed E-state index contributed by atoms with van der Waals surface area (Å²) in [6.45, 7) is 9.02. The van der Waals surface area contributed by atoms with Gasteiger partial charge in [-0.2, -0.15) is 0 Å². The number of carbonyl (C=O) groups is 1. The average molecular weight is 423 g/mol. The molecule has 168 valence electrons. The monoisotopic (exact) mass is 422 g/mol. The van der Waals surface area contributed by atoms with Crippen molar-refractivity contribution >= 4 is 5.97 Å². The van der Waals surface area contributed by atoms with Crippen LogP contribution in [0.2, 0.25) is 0 Å². The van der Waals surface area contributed by atoms with Gasteiger partial charge in [-0.25, -0.2) is 9.36 Å². The first-order valence-corrected chi connectivity index (χ1v) is 11.9. The van der Waals surface area contributed by atoms with E-state index in [1.54, 1.807) is 6.92 Å². The van der Waals surface area contributed by atoms with E-state index in [4.69, 9.17) is 4.74 Å². The highest BCUT2D eigenvalue weighted by atomic mass is 16.5. The topological polar surface area (TPSA) is 30.2 Å². The highest BCUT2D eigenvalue weighted by Crippen LogP contribution is 2.18. The molecular formula is C28H40NO2+. The van der Waals surface area contributed by atoms with Crippen LogP contribution >= 0.6 is 0 Å². The molecule has 0 amide bonds. The zero-order valence-electron chi connectivity index (χ0n) is 19.6. The summed E-state index contributed by atoms with van der Waals surface area (Å²) in [6.07, 6.45) is 16.9. The van der Waals surface area contributed by atoms with Crippen LogP contribution in [0.3, 0.4) is 0 Å². The highest BCUT2D eigenvalue weighted by Gasteiger charge is 2.04. The third-order valence-corrected chi connectivity index (χ3v) is 5.67. The molecule has 2 aromatic rings. The van der Waals surface area contributed by atoms with Gasteiger partial charge >= 0.3 is 5.97 Å². The Morgan fingerprint density at radius 1 is 0.774 bits per heavy atom. The Morgan fingerprint density at radius 2 is 1.26 bits per heavy atom. The number of carbonyl (C=O) groups excluding carboxylic acids is 1. The summed E-state index contributed by atoms with van der Waals surface area (Å²) >= 11 is 0. The Labute approximate surface area is 189 Å². The minimum absolute atomic E-state index is 0.266. The fraction of sp³-hybridized carbons (Fsp3) is 0.500. The summed E-state index contributed by atoms with van der Waals surface area (Å²) in [7, 11) is 0. The first-order valence-electron chi connectivity index (χ1n) is 11.9. The maximum atomic E-state index is 11.3. The van der Waals surface area contributed by atoms with Gasteiger partial charge in [-0.1, -0.05) is 81.4 Å². The molecule has 0 atom stereocenters. The van der Waals surface area contributed by atoms with E-state index in [0.29, 0.717) is 12.2 Å². The third-order valence-electron chi connectivity index (χ3n) is 5.67. The van der Waals surface area contributed by atoms with Gasteiger partial charge < -0.3 is 4.74 Å². The molecule has 0 spiro atoms. The van der Waals surface area contributed by atoms with Gasteiger partial charge in [0.05, 0.1) is 6.61 Å². The number of hydrogen-bond acceptors (Lipinski definition) is 2. The van der Waals surface area contributed by atoms with Crippen molar-refractivity contribution in [3.63, 3.8) is 0 Å².